The summed E-state index contributed by atoms with van der Waals surface area (Å²) in [5.41, 5.74) is 13.2. The van der Waals surface area contributed by atoms with Crippen LogP contribution in [-0.4, -0.2) is 10.5 Å². The van der Waals surface area contributed by atoms with Crippen molar-refractivity contribution in [2.75, 3.05) is 6.26 Å². The second kappa shape index (κ2) is 6.77. The molecule has 2 heteroatoms. The molecule has 0 aliphatic heterocycles. The molecule has 4 aromatic carbocycles. The quantitative estimate of drug-likeness (QED) is 0.307. The van der Waals surface area contributed by atoms with E-state index in [-0.39, 0.29) is 10.8 Å². The molecule has 0 saturated carbocycles. The third-order valence-corrected chi connectivity index (χ3v) is 8.81. The molecule has 1 unspecified atom stereocenters. The Morgan fingerprint density at radius 3 is 1.79 bits per heavy atom. The van der Waals surface area contributed by atoms with Crippen molar-refractivity contribution in [1.29, 1.82) is 0 Å². The molecule has 164 valence electrons. The van der Waals surface area contributed by atoms with Crippen LogP contribution < -0.4 is 0 Å². The first-order chi connectivity index (χ1) is 15.7. The van der Waals surface area contributed by atoms with E-state index in [1.165, 1.54) is 44.5 Å². The molecular weight excluding hydrogens is 420 g/mol. The molecular formula is C31H28OS. The van der Waals surface area contributed by atoms with Gasteiger partial charge in [-0.1, -0.05) is 94.4 Å². The first-order valence-corrected chi connectivity index (χ1v) is 13.1. The van der Waals surface area contributed by atoms with Gasteiger partial charge in [0.05, 0.1) is 10.8 Å². The first-order valence-electron chi connectivity index (χ1n) is 11.6. The fourth-order valence-corrected chi connectivity index (χ4v) is 7.08. The monoisotopic (exact) mass is 448 g/mol. The minimum atomic E-state index is -1.03. The zero-order valence-corrected chi connectivity index (χ0v) is 20.6. The van der Waals surface area contributed by atoms with Crippen molar-refractivity contribution in [2.45, 2.75) is 43.4 Å². The molecule has 0 radical (unpaired) electrons. The van der Waals surface area contributed by atoms with Crippen molar-refractivity contribution in [2.24, 2.45) is 0 Å². The molecule has 0 spiro atoms. The molecule has 0 heterocycles. The SMILES string of the molecule is CS(=O)c1ccccc1-c1ccc2c(c1)-c1ccc3c(c1C2(C)C)C(C)(C)c1ccccc1-3. The Morgan fingerprint density at radius 2 is 1.12 bits per heavy atom. The van der Waals surface area contributed by atoms with E-state index in [0.717, 1.165) is 16.0 Å². The first kappa shape index (κ1) is 20.6. The number of benzene rings is 4. The molecule has 33 heavy (non-hydrogen) atoms. The molecule has 6 rings (SSSR count). The average Bonchev–Trinajstić information content (AvgIpc) is 3.18. The predicted octanol–water partition coefficient (Wildman–Crippen LogP) is 7.70. The summed E-state index contributed by atoms with van der Waals surface area (Å²) in [6.07, 6.45) is 1.76. The van der Waals surface area contributed by atoms with Gasteiger partial charge in [0.1, 0.15) is 0 Å². The highest BCUT2D eigenvalue weighted by atomic mass is 32.2. The van der Waals surface area contributed by atoms with Crippen LogP contribution in [0.4, 0.5) is 0 Å². The Balaban J connectivity index is 1.62. The second-order valence-corrected chi connectivity index (χ2v) is 11.8. The Hall–Kier alpha value is -2.97. The normalized spacial score (nSPS) is 17.1. The fraction of sp³-hybridized carbons (Fsp3) is 0.226. The van der Waals surface area contributed by atoms with E-state index in [1.54, 1.807) is 6.26 Å². The lowest BCUT2D eigenvalue weighted by Gasteiger charge is -2.30. The maximum Gasteiger partial charge on any atom is 0.0504 e. The standard InChI is InChI=1S/C31H28OS/c1-30(2)25-12-8-6-11-21(25)22-15-16-23-24-18-19(20-10-7-9-13-27(20)33(5)32)14-17-26(24)31(3,4)29(23)28(22)30/h6-18H,1-5H3. The Morgan fingerprint density at radius 1 is 0.576 bits per heavy atom. The maximum atomic E-state index is 12.4. The summed E-state index contributed by atoms with van der Waals surface area (Å²) in [5.74, 6) is 0. The van der Waals surface area contributed by atoms with Gasteiger partial charge in [-0.05, 0) is 67.8 Å². The highest BCUT2D eigenvalue weighted by Crippen LogP contribution is 2.59. The summed E-state index contributed by atoms with van der Waals surface area (Å²) in [6.45, 7) is 9.47. The molecule has 4 aromatic rings. The molecule has 0 fully saturated rings. The fourth-order valence-electron chi connectivity index (χ4n) is 6.32. The highest BCUT2D eigenvalue weighted by molar-refractivity contribution is 7.84. The van der Waals surface area contributed by atoms with Crippen molar-refractivity contribution in [3.8, 4) is 33.4 Å². The average molecular weight is 449 g/mol. The smallest absolute Gasteiger partial charge is 0.0504 e. The number of rotatable bonds is 2. The molecule has 2 aliphatic carbocycles. The third kappa shape index (κ3) is 2.68. The number of hydrogen-bond donors (Lipinski definition) is 0. The summed E-state index contributed by atoms with van der Waals surface area (Å²) >= 11 is 0. The van der Waals surface area contributed by atoms with Crippen molar-refractivity contribution < 1.29 is 4.21 Å². The molecule has 1 nitrogen and oxygen atoms in total. The third-order valence-electron chi connectivity index (χ3n) is 7.84. The van der Waals surface area contributed by atoms with E-state index in [9.17, 15) is 4.21 Å². The lowest BCUT2D eigenvalue weighted by atomic mass is 9.72. The maximum absolute atomic E-state index is 12.4. The summed E-state index contributed by atoms with van der Waals surface area (Å²) in [4.78, 5) is 0.889. The lowest BCUT2D eigenvalue weighted by Crippen LogP contribution is -2.24. The van der Waals surface area contributed by atoms with Crippen LogP contribution in [-0.2, 0) is 21.6 Å². The van der Waals surface area contributed by atoms with Gasteiger partial charge in [0.15, 0.2) is 0 Å². The van der Waals surface area contributed by atoms with Crippen LogP contribution in [0, 0.1) is 0 Å². The van der Waals surface area contributed by atoms with E-state index in [0.29, 0.717) is 0 Å². The summed E-state index contributed by atoms with van der Waals surface area (Å²) < 4.78 is 12.4. The van der Waals surface area contributed by atoms with Crippen molar-refractivity contribution in [1.82, 2.24) is 0 Å². The Labute approximate surface area is 199 Å². The van der Waals surface area contributed by atoms with Crippen LogP contribution in [0.25, 0.3) is 33.4 Å². The zero-order valence-electron chi connectivity index (χ0n) is 19.8. The van der Waals surface area contributed by atoms with E-state index >= 15 is 0 Å². The Kier molecular flexibility index (Phi) is 4.23. The van der Waals surface area contributed by atoms with E-state index in [4.69, 9.17) is 0 Å². The molecule has 0 bridgehead atoms. The van der Waals surface area contributed by atoms with E-state index in [1.807, 2.05) is 18.2 Å². The molecule has 0 amide bonds. The van der Waals surface area contributed by atoms with Gasteiger partial charge in [-0.3, -0.25) is 4.21 Å². The Bertz CT molecular complexity index is 1490. The summed E-state index contributed by atoms with van der Waals surface area (Å²) in [6, 6.07) is 28.4. The predicted molar refractivity (Wildman–Crippen MR) is 139 cm³/mol. The van der Waals surface area contributed by atoms with E-state index < -0.39 is 10.8 Å². The minimum absolute atomic E-state index is 0.0366. The minimum Gasteiger partial charge on any atom is -0.255 e. The van der Waals surface area contributed by atoms with Gasteiger partial charge in [-0.25, -0.2) is 0 Å². The van der Waals surface area contributed by atoms with Crippen LogP contribution in [0.5, 0.6) is 0 Å². The van der Waals surface area contributed by atoms with Crippen LogP contribution in [0.2, 0.25) is 0 Å². The van der Waals surface area contributed by atoms with Crippen molar-refractivity contribution >= 4 is 10.8 Å². The van der Waals surface area contributed by atoms with Gasteiger partial charge < -0.3 is 0 Å². The second-order valence-electron chi connectivity index (χ2n) is 10.4. The van der Waals surface area contributed by atoms with Crippen LogP contribution >= 0.6 is 0 Å². The van der Waals surface area contributed by atoms with Crippen LogP contribution in [0.3, 0.4) is 0 Å². The zero-order chi connectivity index (χ0) is 23.1. The van der Waals surface area contributed by atoms with Crippen molar-refractivity contribution in [3.63, 3.8) is 0 Å². The van der Waals surface area contributed by atoms with Crippen LogP contribution in [0.1, 0.15) is 49.9 Å². The molecule has 0 N–H and O–H groups in total. The lowest BCUT2D eigenvalue weighted by molar-refractivity contribution is 0.601. The molecule has 1 atom stereocenters. The highest BCUT2D eigenvalue weighted by Gasteiger charge is 2.45. The van der Waals surface area contributed by atoms with Gasteiger partial charge in [-0.15, -0.1) is 0 Å². The van der Waals surface area contributed by atoms with Gasteiger partial charge in [0.2, 0.25) is 0 Å². The van der Waals surface area contributed by atoms with E-state index in [2.05, 4.69) is 88.4 Å². The number of fused-ring (bicyclic) bond motifs is 7. The molecule has 2 aliphatic rings. The topological polar surface area (TPSA) is 17.1 Å². The number of hydrogen-bond acceptors (Lipinski definition) is 1. The molecule has 0 saturated heterocycles. The van der Waals surface area contributed by atoms with Crippen molar-refractivity contribution in [3.05, 3.63) is 101 Å². The summed E-state index contributed by atoms with van der Waals surface area (Å²) in [7, 11) is -1.03. The van der Waals surface area contributed by atoms with Gasteiger partial charge in [0, 0.05) is 22.0 Å². The van der Waals surface area contributed by atoms with Gasteiger partial charge in [0.25, 0.3) is 0 Å². The van der Waals surface area contributed by atoms with Gasteiger partial charge in [-0.2, -0.15) is 0 Å². The van der Waals surface area contributed by atoms with Crippen LogP contribution in [0.15, 0.2) is 83.8 Å². The largest absolute Gasteiger partial charge is 0.255 e. The summed E-state index contributed by atoms with van der Waals surface area (Å²) in [5, 5.41) is 0. The molecule has 0 aromatic heterocycles. The van der Waals surface area contributed by atoms with Gasteiger partial charge >= 0.3 is 0 Å².